The molecule has 70 valence electrons. The van der Waals surface area contributed by atoms with E-state index in [0.717, 1.165) is 4.47 Å². The molecule has 0 bridgehead atoms. The maximum atomic E-state index is 11.8. The number of carbonyl (C=O) groups excluding carboxylic acids is 1. The zero-order valence-electron chi connectivity index (χ0n) is 7.33. The SMILES string of the molecule is O=C(c1ccccc1)c1cc(Br)c[nH]1. The minimum absolute atomic E-state index is 0.0105. The van der Waals surface area contributed by atoms with Crippen molar-refractivity contribution in [3.8, 4) is 0 Å². The second-order valence-corrected chi connectivity index (χ2v) is 3.84. The third kappa shape index (κ3) is 1.77. The molecule has 0 unspecified atom stereocenters. The third-order valence-electron chi connectivity index (χ3n) is 1.93. The van der Waals surface area contributed by atoms with E-state index < -0.39 is 0 Å². The normalized spacial score (nSPS) is 10.1. The molecule has 1 N–H and O–H groups in total. The highest BCUT2D eigenvalue weighted by Gasteiger charge is 2.09. The molecule has 0 saturated heterocycles. The zero-order valence-corrected chi connectivity index (χ0v) is 8.91. The van der Waals surface area contributed by atoms with Crippen LogP contribution in [0, 0.1) is 0 Å². The number of aromatic nitrogens is 1. The van der Waals surface area contributed by atoms with E-state index in [1.54, 1.807) is 24.4 Å². The molecule has 0 fully saturated rings. The molecule has 0 amide bonds. The Labute approximate surface area is 90.1 Å². The summed E-state index contributed by atoms with van der Waals surface area (Å²) in [6.45, 7) is 0. The largest absolute Gasteiger partial charge is 0.357 e. The van der Waals surface area contributed by atoms with Gasteiger partial charge in [0.05, 0.1) is 5.69 Å². The van der Waals surface area contributed by atoms with Gasteiger partial charge in [0.1, 0.15) is 0 Å². The van der Waals surface area contributed by atoms with Crippen LogP contribution in [0.5, 0.6) is 0 Å². The Morgan fingerprint density at radius 3 is 2.50 bits per heavy atom. The fourth-order valence-electron chi connectivity index (χ4n) is 1.24. The van der Waals surface area contributed by atoms with E-state index in [2.05, 4.69) is 20.9 Å². The summed E-state index contributed by atoms with van der Waals surface area (Å²) in [5.41, 5.74) is 1.30. The summed E-state index contributed by atoms with van der Waals surface area (Å²) in [4.78, 5) is 14.7. The Kier molecular flexibility index (Phi) is 2.50. The van der Waals surface area contributed by atoms with Gasteiger partial charge in [-0.05, 0) is 22.0 Å². The van der Waals surface area contributed by atoms with Crippen molar-refractivity contribution in [3.63, 3.8) is 0 Å². The minimum Gasteiger partial charge on any atom is -0.357 e. The van der Waals surface area contributed by atoms with Crippen molar-refractivity contribution in [3.05, 3.63) is 58.3 Å². The molecule has 1 aromatic carbocycles. The van der Waals surface area contributed by atoms with E-state index in [-0.39, 0.29) is 5.78 Å². The summed E-state index contributed by atoms with van der Waals surface area (Å²) in [6, 6.07) is 11.0. The number of rotatable bonds is 2. The molecule has 1 heterocycles. The number of hydrogen-bond acceptors (Lipinski definition) is 1. The van der Waals surface area contributed by atoms with Crippen LogP contribution in [0.3, 0.4) is 0 Å². The van der Waals surface area contributed by atoms with E-state index in [4.69, 9.17) is 0 Å². The summed E-state index contributed by atoms with van der Waals surface area (Å²) in [5.74, 6) is 0.0105. The number of benzene rings is 1. The molecule has 0 aliphatic rings. The van der Waals surface area contributed by atoms with Gasteiger partial charge in [0, 0.05) is 16.2 Å². The average Bonchev–Trinajstić information content (AvgIpc) is 2.65. The summed E-state index contributed by atoms with van der Waals surface area (Å²) in [5, 5.41) is 0. The lowest BCUT2D eigenvalue weighted by Gasteiger charge is -1.96. The number of nitrogens with one attached hydrogen (secondary N) is 1. The van der Waals surface area contributed by atoms with Gasteiger partial charge in [-0.15, -0.1) is 0 Å². The lowest BCUT2D eigenvalue weighted by Crippen LogP contribution is -2.00. The molecule has 14 heavy (non-hydrogen) atoms. The second-order valence-electron chi connectivity index (χ2n) is 2.93. The molecule has 0 aliphatic heterocycles. The van der Waals surface area contributed by atoms with Gasteiger partial charge in [0.25, 0.3) is 0 Å². The average molecular weight is 250 g/mol. The Balaban J connectivity index is 2.34. The van der Waals surface area contributed by atoms with Crippen LogP contribution < -0.4 is 0 Å². The molecule has 2 nitrogen and oxygen atoms in total. The van der Waals surface area contributed by atoms with Crippen LogP contribution in [0.1, 0.15) is 16.1 Å². The summed E-state index contributed by atoms with van der Waals surface area (Å²) >= 11 is 3.29. The first-order valence-corrected chi connectivity index (χ1v) is 5.00. The lowest BCUT2D eigenvalue weighted by molar-refractivity contribution is 0.103. The van der Waals surface area contributed by atoms with Crippen LogP contribution in [0.15, 0.2) is 47.1 Å². The van der Waals surface area contributed by atoms with Gasteiger partial charge in [-0.1, -0.05) is 30.3 Å². The van der Waals surface area contributed by atoms with Crippen molar-refractivity contribution in [1.29, 1.82) is 0 Å². The monoisotopic (exact) mass is 249 g/mol. The highest BCUT2D eigenvalue weighted by molar-refractivity contribution is 9.10. The molecule has 2 aromatic rings. The van der Waals surface area contributed by atoms with E-state index in [1.807, 2.05) is 18.2 Å². The molecular formula is C11H8BrNO. The van der Waals surface area contributed by atoms with E-state index in [9.17, 15) is 4.79 Å². The quantitative estimate of drug-likeness (QED) is 0.816. The Morgan fingerprint density at radius 1 is 1.21 bits per heavy atom. The van der Waals surface area contributed by atoms with Gasteiger partial charge in [-0.25, -0.2) is 0 Å². The van der Waals surface area contributed by atoms with Crippen LogP contribution in [0.4, 0.5) is 0 Å². The third-order valence-corrected chi connectivity index (χ3v) is 2.39. The number of carbonyl (C=O) groups is 1. The molecule has 0 saturated carbocycles. The van der Waals surface area contributed by atoms with Gasteiger partial charge in [-0.3, -0.25) is 4.79 Å². The maximum Gasteiger partial charge on any atom is 0.209 e. The van der Waals surface area contributed by atoms with Crippen molar-refractivity contribution in [2.75, 3.05) is 0 Å². The standard InChI is InChI=1S/C11H8BrNO/c12-9-6-10(13-7-9)11(14)8-4-2-1-3-5-8/h1-7,13H. The van der Waals surface area contributed by atoms with E-state index in [1.165, 1.54) is 0 Å². The first-order chi connectivity index (χ1) is 6.77. The van der Waals surface area contributed by atoms with Crippen LogP contribution in [-0.2, 0) is 0 Å². The van der Waals surface area contributed by atoms with E-state index >= 15 is 0 Å². The van der Waals surface area contributed by atoms with Crippen molar-refractivity contribution in [2.45, 2.75) is 0 Å². The first-order valence-electron chi connectivity index (χ1n) is 4.21. The van der Waals surface area contributed by atoms with Crippen LogP contribution in [0.25, 0.3) is 0 Å². The van der Waals surface area contributed by atoms with Crippen molar-refractivity contribution >= 4 is 21.7 Å². The topological polar surface area (TPSA) is 32.9 Å². The molecule has 0 radical (unpaired) electrons. The Morgan fingerprint density at radius 2 is 1.93 bits per heavy atom. The molecule has 3 heteroatoms. The maximum absolute atomic E-state index is 11.8. The molecule has 1 aromatic heterocycles. The first kappa shape index (κ1) is 9.21. The van der Waals surface area contributed by atoms with Crippen molar-refractivity contribution < 1.29 is 4.79 Å². The van der Waals surface area contributed by atoms with Gasteiger partial charge in [-0.2, -0.15) is 0 Å². The van der Waals surface area contributed by atoms with Gasteiger partial charge < -0.3 is 4.98 Å². The fourth-order valence-corrected chi connectivity index (χ4v) is 1.59. The summed E-state index contributed by atoms with van der Waals surface area (Å²) < 4.78 is 0.886. The summed E-state index contributed by atoms with van der Waals surface area (Å²) in [7, 11) is 0. The van der Waals surface area contributed by atoms with Crippen molar-refractivity contribution in [2.24, 2.45) is 0 Å². The minimum atomic E-state index is 0.0105. The zero-order chi connectivity index (χ0) is 9.97. The Bertz CT molecular complexity index is 447. The lowest BCUT2D eigenvalue weighted by atomic mass is 10.1. The number of halogens is 1. The van der Waals surface area contributed by atoms with E-state index in [0.29, 0.717) is 11.3 Å². The number of aromatic amines is 1. The van der Waals surface area contributed by atoms with Gasteiger partial charge >= 0.3 is 0 Å². The number of H-pyrrole nitrogens is 1. The number of hydrogen-bond donors (Lipinski definition) is 1. The second kappa shape index (κ2) is 3.80. The van der Waals surface area contributed by atoms with Gasteiger partial charge in [0.15, 0.2) is 0 Å². The highest BCUT2D eigenvalue weighted by atomic mass is 79.9. The molecular weight excluding hydrogens is 242 g/mol. The molecule has 2 rings (SSSR count). The number of ketones is 1. The predicted molar refractivity (Wildman–Crippen MR) is 58.4 cm³/mol. The Hall–Kier alpha value is -1.35. The van der Waals surface area contributed by atoms with Crippen LogP contribution in [-0.4, -0.2) is 10.8 Å². The van der Waals surface area contributed by atoms with Crippen LogP contribution >= 0.6 is 15.9 Å². The summed E-state index contributed by atoms with van der Waals surface area (Å²) in [6.07, 6.45) is 1.75. The van der Waals surface area contributed by atoms with Crippen molar-refractivity contribution in [1.82, 2.24) is 4.98 Å². The predicted octanol–water partition coefficient (Wildman–Crippen LogP) is 3.01. The smallest absolute Gasteiger partial charge is 0.209 e. The molecule has 0 aliphatic carbocycles. The van der Waals surface area contributed by atoms with Crippen LogP contribution in [0.2, 0.25) is 0 Å². The fraction of sp³-hybridized carbons (Fsp3) is 0. The molecule has 0 spiro atoms. The molecule has 0 atom stereocenters. The highest BCUT2D eigenvalue weighted by Crippen LogP contribution is 2.14. The van der Waals surface area contributed by atoms with Gasteiger partial charge in [0.2, 0.25) is 5.78 Å².